The lowest BCUT2D eigenvalue weighted by Gasteiger charge is -2.34. The number of rotatable bonds is 4. The number of likely N-dealkylation sites (tertiary alicyclic amines) is 1. The average molecular weight is 346 g/mol. The van der Waals surface area contributed by atoms with Crippen molar-refractivity contribution >= 4 is 12.0 Å². The summed E-state index contributed by atoms with van der Waals surface area (Å²) in [5, 5.41) is 12.2. The summed E-state index contributed by atoms with van der Waals surface area (Å²) in [6, 6.07) is 9.95. The molecule has 0 aliphatic carbocycles. The fraction of sp³-hybridized carbons (Fsp3) is 0.579. The zero-order valence-electron chi connectivity index (χ0n) is 14.4. The fourth-order valence-electron chi connectivity index (χ4n) is 3.76. The lowest BCUT2D eigenvalue weighted by molar-refractivity contribution is -0.143. The van der Waals surface area contributed by atoms with Crippen LogP contribution < -0.4 is 5.32 Å². The van der Waals surface area contributed by atoms with Gasteiger partial charge in [-0.25, -0.2) is 4.79 Å². The molecule has 1 aromatic rings. The number of carbonyl (C=O) groups excluding carboxylic acids is 1. The molecule has 6 nitrogen and oxygen atoms in total. The van der Waals surface area contributed by atoms with Gasteiger partial charge >= 0.3 is 12.0 Å². The van der Waals surface area contributed by atoms with Gasteiger partial charge in [0.2, 0.25) is 0 Å². The highest BCUT2D eigenvalue weighted by Crippen LogP contribution is 2.33. The molecule has 0 spiro atoms. The molecule has 1 aromatic carbocycles. The topological polar surface area (TPSA) is 78.9 Å². The number of urea groups is 1. The third-order valence-electron chi connectivity index (χ3n) is 5.15. The highest BCUT2D eigenvalue weighted by molar-refractivity contribution is 5.76. The largest absolute Gasteiger partial charge is 0.481 e. The number of carboxylic acids is 1. The van der Waals surface area contributed by atoms with Gasteiger partial charge in [-0.15, -0.1) is 0 Å². The van der Waals surface area contributed by atoms with Gasteiger partial charge < -0.3 is 20.1 Å². The zero-order chi connectivity index (χ0) is 17.6. The molecule has 6 heteroatoms. The summed E-state index contributed by atoms with van der Waals surface area (Å²) in [7, 11) is 0. The molecule has 2 heterocycles. The monoisotopic (exact) mass is 346 g/mol. The van der Waals surface area contributed by atoms with Crippen LogP contribution in [0.25, 0.3) is 0 Å². The van der Waals surface area contributed by atoms with Gasteiger partial charge in [0.25, 0.3) is 0 Å². The first-order chi connectivity index (χ1) is 12.1. The van der Waals surface area contributed by atoms with Gasteiger partial charge in [-0.3, -0.25) is 4.79 Å². The van der Waals surface area contributed by atoms with E-state index in [1.165, 1.54) is 0 Å². The summed E-state index contributed by atoms with van der Waals surface area (Å²) in [4.78, 5) is 25.2. The summed E-state index contributed by atoms with van der Waals surface area (Å²) < 4.78 is 5.96. The van der Waals surface area contributed by atoms with Crippen LogP contribution in [0.4, 0.5) is 4.79 Å². The van der Waals surface area contributed by atoms with Crippen molar-refractivity contribution < 1.29 is 19.4 Å². The molecule has 0 aromatic heterocycles. The molecule has 2 aliphatic rings. The minimum absolute atomic E-state index is 0.00312. The first kappa shape index (κ1) is 17.7. The number of carboxylic acid groups (broad SMARTS) is 1. The van der Waals surface area contributed by atoms with Crippen LogP contribution in [-0.4, -0.2) is 48.2 Å². The number of aliphatic carboxylic acids is 1. The van der Waals surface area contributed by atoms with Crippen LogP contribution in [0.2, 0.25) is 0 Å². The van der Waals surface area contributed by atoms with Crippen LogP contribution in [0.15, 0.2) is 30.3 Å². The maximum absolute atomic E-state index is 12.4. The number of nitrogens with zero attached hydrogens (tertiary/aromatic N) is 1. The lowest BCUT2D eigenvalue weighted by atomic mass is 9.89. The Labute approximate surface area is 148 Å². The molecule has 2 N–H and O–H groups in total. The van der Waals surface area contributed by atoms with Gasteiger partial charge in [0, 0.05) is 32.2 Å². The number of carbonyl (C=O) groups is 2. The predicted octanol–water partition coefficient (Wildman–Crippen LogP) is 2.66. The Hall–Kier alpha value is -2.08. The predicted molar refractivity (Wildman–Crippen MR) is 93.2 cm³/mol. The second kappa shape index (κ2) is 8.34. The molecule has 2 amide bonds. The second-order valence-electron chi connectivity index (χ2n) is 6.91. The van der Waals surface area contributed by atoms with Crippen molar-refractivity contribution in [2.45, 2.75) is 31.8 Å². The molecule has 2 aliphatic heterocycles. The third kappa shape index (κ3) is 4.51. The Morgan fingerprint density at radius 3 is 2.76 bits per heavy atom. The van der Waals surface area contributed by atoms with Gasteiger partial charge in [0.1, 0.15) is 0 Å². The highest BCUT2D eigenvalue weighted by atomic mass is 16.5. The molecule has 3 unspecified atom stereocenters. The quantitative estimate of drug-likeness (QED) is 0.878. The van der Waals surface area contributed by atoms with E-state index in [2.05, 4.69) is 17.4 Å². The fourth-order valence-corrected chi connectivity index (χ4v) is 3.76. The standard InChI is InChI=1S/C19H26N2O4/c22-18(23)16-8-4-10-21(13-16)19(24)20-12-15-9-5-11-25-17(15)14-6-2-1-3-7-14/h1-3,6-7,15-17H,4-5,8-13H2,(H,20,24)(H,22,23). The number of amides is 2. The van der Waals surface area contributed by atoms with E-state index in [0.717, 1.165) is 31.4 Å². The molecule has 2 saturated heterocycles. The summed E-state index contributed by atoms with van der Waals surface area (Å²) in [5.74, 6) is -1.03. The van der Waals surface area contributed by atoms with Gasteiger partial charge in [-0.1, -0.05) is 30.3 Å². The van der Waals surface area contributed by atoms with Crippen molar-refractivity contribution in [1.82, 2.24) is 10.2 Å². The van der Waals surface area contributed by atoms with Gasteiger partial charge in [-0.05, 0) is 31.2 Å². The first-order valence-electron chi connectivity index (χ1n) is 9.07. The van der Waals surface area contributed by atoms with E-state index in [-0.39, 0.29) is 18.1 Å². The minimum atomic E-state index is -0.817. The maximum Gasteiger partial charge on any atom is 0.317 e. The summed E-state index contributed by atoms with van der Waals surface area (Å²) in [6.45, 7) is 2.21. The molecule has 25 heavy (non-hydrogen) atoms. The third-order valence-corrected chi connectivity index (χ3v) is 5.15. The minimum Gasteiger partial charge on any atom is -0.481 e. The smallest absolute Gasteiger partial charge is 0.317 e. The van der Waals surface area contributed by atoms with Crippen LogP contribution in [-0.2, 0) is 9.53 Å². The number of hydrogen-bond donors (Lipinski definition) is 2. The molecule has 0 saturated carbocycles. The Balaban J connectivity index is 1.56. The summed E-state index contributed by atoms with van der Waals surface area (Å²) in [5.41, 5.74) is 1.14. The van der Waals surface area contributed by atoms with Gasteiger partial charge in [0.05, 0.1) is 12.0 Å². The van der Waals surface area contributed by atoms with Crippen LogP contribution >= 0.6 is 0 Å². The van der Waals surface area contributed by atoms with E-state index in [1.54, 1.807) is 4.90 Å². The van der Waals surface area contributed by atoms with E-state index in [4.69, 9.17) is 9.84 Å². The van der Waals surface area contributed by atoms with Crippen LogP contribution in [0.3, 0.4) is 0 Å². The normalized spacial score (nSPS) is 26.9. The number of nitrogens with one attached hydrogen (secondary N) is 1. The molecular weight excluding hydrogens is 320 g/mol. The number of hydrogen-bond acceptors (Lipinski definition) is 3. The highest BCUT2D eigenvalue weighted by Gasteiger charge is 2.30. The summed E-state index contributed by atoms with van der Waals surface area (Å²) in [6.07, 6.45) is 3.39. The van der Waals surface area contributed by atoms with Crippen molar-refractivity contribution in [3.05, 3.63) is 35.9 Å². The van der Waals surface area contributed by atoms with Crippen molar-refractivity contribution in [3.8, 4) is 0 Å². The van der Waals surface area contributed by atoms with Crippen molar-refractivity contribution in [2.75, 3.05) is 26.2 Å². The Kier molecular flexibility index (Phi) is 5.91. The Morgan fingerprint density at radius 1 is 1.20 bits per heavy atom. The van der Waals surface area contributed by atoms with E-state index in [0.29, 0.717) is 26.1 Å². The second-order valence-corrected chi connectivity index (χ2v) is 6.91. The molecular formula is C19H26N2O4. The first-order valence-corrected chi connectivity index (χ1v) is 9.07. The SMILES string of the molecule is O=C(O)C1CCCN(C(=O)NCC2CCCOC2c2ccccc2)C1. The van der Waals surface area contributed by atoms with Crippen LogP contribution in [0.1, 0.15) is 37.4 Å². The molecule has 0 radical (unpaired) electrons. The van der Waals surface area contributed by atoms with Gasteiger partial charge in [-0.2, -0.15) is 0 Å². The van der Waals surface area contributed by atoms with Crippen molar-refractivity contribution in [1.29, 1.82) is 0 Å². The van der Waals surface area contributed by atoms with Crippen LogP contribution in [0, 0.1) is 11.8 Å². The molecule has 0 bridgehead atoms. The van der Waals surface area contributed by atoms with E-state index < -0.39 is 11.9 Å². The maximum atomic E-state index is 12.4. The average Bonchev–Trinajstić information content (AvgIpc) is 2.67. The number of piperidine rings is 1. The Morgan fingerprint density at radius 2 is 2.00 bits per heavy atom. The van der Waals surface area contributed by atoms with Crippen molar-refractivity contribution in [2.24, 2.45) is 11.8 Å². The van der Waals surface area contributed by atoms with E-state index in [1.807, 2.05) is 18.2 Å². The van der Waals surface area contributed by atoms with Crippen molar-refractivity contribution in [3.63, 3.8) is 0 Å². The van der Waals surface area contributed by atoms with Crippen LogP contribution in [0.5, 0.6) is 0 Å². The molecule has 3 atom stereocenters. The molecule has 3 rings (SSSR count). The van der Waals surface area contributed by atoms with E-state index >= 15 is 0 Å². The lowest BCUT2D eigenvalue weighted by Crippen LogP contribution is -2.48. The molecule has 2 fully saturated rings. The van der Waals surface area contributed by atoms with E-state index in [9.17, 15) is 9.59 Å². The number of ether oxygens (including phenoxy) is 1. The molecule has 136 valence electrons. The number of benzene rings is 1. The summed E-state index contributed by atoms with van der Waals surface area (Å²) >= 11 is 0. The van der Waals surface area contributed by atoms with Gasteiger partial charge in [0.15, 0.2) is 0 Å². The zero-order valence-corrected chi connectivity index (χ0v) is 14.4. The Bertz CT molecular complexity index is 592.